The fourth-order valence-corrected chi connectivity index (χ4v) is 3.07. The zero-order valence-corrected chi connectivity index (χ0v) is 14.5. The van der Waals surface area contributed by atoms with Crippen molar-refractivity contribution in [1.82, 2.24) is 5.32 Å². The molecule has 1 atom stereocenters. The molecular formula is C20H25N2O3+. The lowest BCUT2D eigenvalue weighted by Crippen LogP contribution is -3.14. The van der Waals surface area contributed by atoms with E-state index in [0.29, 0.717) is 5.56 Å². The summed E-state index contributed by atoms with van der Waals surface area (Å²) >= 11 is 0. The Labute approximate surface area is 148 Å². The molecule has 3 rings (SSSR count). The summed E-state index contributed by atoms with van der Waals surface area (Å²) in [5, 5.41) is 3.19. The van der Waals surface area contributed by atoms with Crippen LogP contribution in [0.3, 0.4) is 0 Å². The van der Waals surface area contributed by atoms with Crippen LogP contribution in [0.1, 0.15) is 22.0 Å². The van der Waals surface area contributed by atoms with E-state index in [4.69, 9.17) is 9.47 Å². The maximum Gasteiger partial charge on any atom is 0.251 e. The Bertz CT molecular complexity index is 667. The fourth-order valence-electron chi connectivity index (χ4n) is 3.07. The van der Waals surface area contributed by atoms with Crippen LogP contribution in [0.15, 0.2) is 54.6 Å². The molecule has 5 heteroatoms. The molecule has 0 radical (unpaired) electrons. The molecule has 0 saturated carbocycles. The van der Waals surface area contributed by atoms with E-state index in [1.54, 1.807) is 31.4 Å². The third kappa shape index (κ3) is 4.81. The highest BCUT2D eigenvalue weighted by Crippen LogP contribution is 2.14. The lowest BCUT2D eigenvalue weighted by Gasteiger charge is -2.28. The van der Waals surface area contributed by atoms with Gasteiger partial charge in [-0.1, -0.05) is 30.3 Å². The smallest absolute Gasteiger partial charge is 0.251 e. The van der Waals surface area contributed by atoms with Gasteiger partial charge in [0, 0.05) is 5.56 Å². The largest absolute Gasteiger partial charge is 0.497 e. The van der Waals surface area contributed by atoms with Gasteiger partial charge >= 0.3 is 0 Å². The molecule has 1 heterocycles. The van der Waals surface area contributed by atoms with Gasteiger partial charge in [0.2, 0.25) is 0 Å². The number of amides is 1. The van der Waals surface area contributed by atoms with Crippen molar-refractivity contribution in [3.8, 4) is 5.75 Å². The van der Waals surface area contributed by atoms with Crippen molar-refractivity contribution in [3.05, 3.63) is 65.7 Å². The lowest BCUT2D eigenvalue weighted by atomic mass is 10.1. The highest BCUT2D eigenvalue weighted by molar-refractivity contribution is 5.94. The normalized spacial score (nSPS) is 16.2. The maximum atomic E-state index is 12.7. The molecule has 2 aromatic rings. The summed E-state index contributed by atoms with van der Waals surface area (Å²) in [6, 6.07) is 17.3. The number of rotatable bonds is 6. The molecule has 1 amide bonds. The predicted octanol–water partition coefficient (Wildman–Crippen LogP) is 1.08. The van der Waals surface area contributed by atoms with E-state index in [9.17, 15) is 4.79 Å². The van der Waals surface area contributed by atoms with Crippen molar-refractivity contribution in [2.75, 3.05) is 40.0 Å². The number of hydrogen-bond donors (Lipinski definition) is 2. The van der Waals surface area contributed by atoms with Gasteiger partial charge in [0.25, 0.3) is 5.91 Å². The minimum Gasteiger partial charge on any atom is -0.497 e. The first-order chi connectivity index (χ1) is 12.3. The average Bonchev–Trinajstić information content (AvgIpc) is 2.69. The second kappa shape index (κ2) is 8.65. The first kappa shape index (κ1) is 17.5. The summed E-state index contributed by atoms with van der Waals surface area (Å²) in [6.07, 6.45) is 0. The monoisotopic (exact) mass is 341 g/mol. The van der Waals surface area contributed by atoms with Crippen LogP contribution >= 0.6 is 0 Å². The van der Waals surface area contributed by atoms with Crippen LogP contribution in [0.5, 0.6) is 5.75 Å². The standard InChI is InChI=1S/C20H24N2O3/c1-24-18-9-7-17(8-10-18)20(23)21-19(16-5-3-2-4-6-16)15-22-11-13-25-14-12-22/h2-10,19H,11-15H2,1H3,(H,21,23)/p+1/t19-/m0/s1. The molecule has 0 aromatic heterocycles. The van der Waals surface area contributed by atoms with Crippen LogP contribution in [0, 0.1) is 0 Å². The van der Waals surface area contributed by atoms with E-state index in [1.165, 1.54) is 4.90 Å². The van der Waals surface area contributed by atoms with Crippen molar-refractivity contribution >= 4 is 5.91 Å². The van der Waals surface area contributed by atoms with Crippen molar-refractivity contribution in [3.63, 3.8) is 0 Å². The molecule has 1 aliphatic heterocycles. The summed E-state index contributed by atoms with van der Waals surface area (Å²) in [5.74, 6) is 0.679. The minimum atomic E-state index is -0.0656. The topological polar surface area (TPSA) is 52.0 Å². The van der Waals surface area contributed by atoms with E-state index < -0.39 is 0 Å². The number of ether oxygens (including phenoxy) is 2. The van der Waals surface area contributed by atoms with E-state index in [0.717, 1.165) is 44.2 Å². The number of benzene rings is 2. The Hall–Kier alpha value is -2.37. The van der Waals surface area contributed by atoms with E-state index in [-0.39, 0.29) is 11.9 Å². The molecule has 1 aliphatic rings. The fraction of sp³-hybridized carbons (Fsp3) is 0.350. The highest BCUT2D eigenvalue weighted by atomic mass is 16.5. The van der Waals surface area contributed by atoms with Gasteiger partial charge in [-0.15, -0.1) is 0 Å². The van der Waals surface area contributed by atoms with Gasteiger partial charge < -0.3 is 19.7 Å². The number of nitrogens with one attached hydrogen (secondary N) is 2. The molecule has 132 valence electrons. The summed E-state index contributed by atoms with van der Waals surface area (Å²) in [6.45, 7) is 4.37. The Kier molecular flexibility index (Phi) is 6.04. The number of morpholine rings is 1. The number of hydrogen-bond acceptors (Lipinski definition) is 3. The van der Waals surface area contributed by atoms with E-state index in [1.807, 2.05) is 18.2 Å². The number of methoxy groups -OCH3 is 1. The van der Waals surface area contributed by atoms with E-state index >= 15 is 0 Å². The van der Waals surface area contributed by atoms with E-state index in [2.05, 4.69) is 17.4 Å². The zero-order chi connectivity index (χ0) is 17.5. The number of quaternary nitrogens is 1. The molecule has 1 fully saturated rings. The number of carbonyl (C=O) groups excluding carboxylic acids is 1. The van der Waals surface area contributed by atoms with Gasteiger partial charge in [-0.25, -0.2) is 0 Å². The SMILES string of the molecule is COc1ccc(C(=O)N[C@@H](C[NH+]2CCOCC2)c2ccccc2)cc1. The molecular weight excluding hydrogens is 316 g/mol. The third-order valence-electron chi connectivity index (χ3n) is 4.55. The summed E-state index contributed by atoms with van der Waals surface area (Å²) < 4.78 is 10.6. The van der Waals surface area contributed by atoms with Gasteiger partial charge in [-0.3, -0.25) is 4.79 Å². The summed E-state index contributed by atoms with van der Waals surface area (Å²) in [4.78, 5) is 14.1. The molecule has 2 aromatic carbocycles. The molecule has 0 bridgehead atoms. The second-order valence-corrected chi connectivity index (χ2v) is 6.23. The summed E-state index contributed by atoms with van der Waals surface area (Å²) in [5.41, 5.74) is 1.77. The Morgan fingerprint density at radius 3 is 2.44 bits per heavy atom. The molecule has 25 heavy (non-hydrogen) atoms. The van der Waals surface area contributed by atoms with Crippen LogP contribution in [0.2, 0.25) is 0 Å². The van der Waals surface area contributed by atoms with Gasteiger partial charge in [0.05, 0.1) is 20.3 Å². The Morgan fingerprint density at radius 1 is 1.12 bits per heavy atom. The molecule has 0 aliphatic carbocycles. The lowest BCUT2D eigenvalue weighted by molar-refractivity contribution is -0.909. The van der Waals surface area contributed by atoms with Gasteiger partial charge in [-0.05, 0) is 29.8 Å². The Balaban J connectivity index is 1.72. The quantitative estimate of drug-likeness (QED) is 0.827. The van der Waals surface area contributed by atoms with Crippen LogP contribution in [-0.2, 0) is 4.74 Å². The van der Waals surface area contributed by atoms with Crippen molar-refractivity contribution in [2.45, 2.75) is 6.04 Å². The zero-order valence-electron chi connectivity index (χ0n) is 14.5. The first-order valence-corrected chi connectivity index (χ1v) is 8.67. The molecule has 2 N–H and O–H groups in total. The van der Waals surface area contributed by atoms with Crippen molar-refractivity contribution < 1.29 is 19.2 Å². The van der Waals surface area contributed by atoms with Crippen molar-refractivity contribution in [2.24, 2.45) is 0 Å². The van der Waals surface area contributed by atoms with Crippen LogP contribution < -0.4 is 15.0 Å². The van der Waals surface area contributed by atoms with Crippen LogP contribution in [-0.4, -0.2) is 45.9 Å². The Morgan fingerprint density at radius 2 is 1.80 bits per heavy atom. The van der Waals surface area contributed by atoms with Gasteiger partial charge in [-0.2, -0.15) is 0 Å². The molecule has 1 saturated heterocycles. The minimum absolute atomic E-state index is 0.0242. The van der Waals surface area contributed by atoms with Crippen molar-refractivity contribution in [1.29, 1.82) is 0 Å². The van der Waals surface area contributed by atoms with Gasteiger partial charge in [0.1, 0.15) is 31.4 Å². The second-order valence-electron chi connectivity index (χ2n) is 6.23. The number of carbonyl (C=O) groups is 1. The van der Waals surface area contributed by atoms with Crippen LogP contribution in [0.25, 0.3) is 0 Å². The molecule has 0 unspecified atom stereocenters. The maximum absolute atomic E-state index is 12.7. The summed E-state index contributed by atoms with van der Waals surface area (Å²) in [7, 11) is 1.62. The predicted molar refractivity (Wildman–Crippen MR) is 96.0 cm³/mol. The van der Waals surface area contributed by atoms with Gasteiger partial charge in [0.15, 0.2) is 0 Å². The third-order valence-corrected chi connectivity index (χ3v) is 4.55. The molecule has 0 spiro atoms. The first-order valence-electron chi connectivity index (χ1n) is 8.67. The average molecular weight is 341 g/mol. The highest BCUT2D eigenvalue weighted by Gasteiger charge is 2.23. The molecule has 5 nitrogen and oxygen atoms in total. The van der Waals surface area contributed by atoms with Crippen LogP contribution in [0.4, 0.5) is 0 Å².